The molecule has 2 amide bonds. The fraction of sp³-hybridized carbons (Fsp3) is 0.316. The average molecular weight is 361 g/mol. The standard InChI is InChI=1S/C19H21ClN2O3/c1-12-9-13(2)18(15(20)10-12)22-19(23)21-6-5-14-3-4-16-17(11-14)25-8-7-24-16/h3-4,9-11H,5-8H2,1-2H3,(H2,21,22,23). The van der Waals surface area contributed by atoms with E-state index in [1.54, 1.807) is 0 Å². The lowest BCUT2D eigenvalue weighted by atomic mass is 10.1. The maximum Gasteiger partial charge on any atom is 0.319 e. The molecule has 0 radical (unpaired) electrons. The molecule has 2 aromatic rings. The van der Waals surface area contributed by atoms with Crippen LogP contribution in [-0.4, -0.2) is 25.8 Å². The molecule has 2 aromatic carbocycles. The van der Waals surface area contributed by atoms with Crippen LogP contribution in [0.4, 0.5) is 10.5 Å². The highest BCUT2D eigenvalue weighted by Crippen LogP contribution is 2.31. The summed E-state index contributed by atoms with van der Waals surface area (Å²) >= 11 is 6.21. The van der Waals surface area contributed by atoms with Gasteiger partial charge in [-0.05, 0) is 55.2 Å². The molecule has 6 heteroatoms. The molecule has 3 rings (SSSR count). The topological polar surface area (TPSA) is 59.6 Å². The SMILES string of the molecule is Cc1cc(C)c(NC(=O)NCCc2ccc3c(c2)OCCO3)c(Cl)c1. The lowest BCUT2D eigenvalue weighted by Gasteiger charge is -2.19. The summed E-state index contributed by atoms with van der Waals surface area (Å²) in [5.41, 5.74) is 3.72. The van der Waals surface area contributed by atoms with Crippen LogP contribution in [0.5, 0.6) is 11.5 Å². The number of fused-ring (bicyclic) bond motifs is 1. The van der Waals surface area contributed by atoms with E-state index in [1.807, 2.05) is 44.2 Å². The molecule has 0 unspecified atom stereocenters. The zero-order chi connectivity index (χ0) is 17.8. The summed E-state index contributed by atoms with van der Waals surface area (Å²) in [4.78, 5) is 12.1. The number of hydrogen-bond acceptors (Lipinski definition) is 3. The van der Waals surface area contributed by atoms with Crippen molar-refractivity contribution in [2.45, 2.75) is 20.3 Å². The van der Waals surface area contributed by atoms with Gasteiger partial charge in [-0.1, -0.05) is 23.7 Å². The van der Waals surface area contributed by atoms with Gasteiger partial charge in [0.1, 0.15) is 13.2 Å². The van der Waals surface area contributed by atoms with Crippen molar-refractivity contribution in [3.8, 4) is 11.5 Å². The van der Waals surface area contributed by atoms with Crippen molar-refractivity contribution in [1.29, 1.82) is 0 Å². The lowest BCUT2D eigenvalue weighted by molar-refractivity contribution is 0.171. The van der Waals surface area contributed by atoms with Gasteiger partial charge in [0.15, 0.2) is 11.5 Å². The zero-order valence-electron chi connectivity index (χ0n) is 14.3. The molecule has 25 heavy (non-hydrogen) atoms. The maximum atomic E-state index is 12.1. The van der Waals surface area contributed by atoms with E-state index in [4.69, 9.17) is 21.1 Å². The molecule has 0 bridgehead atoms. The fourth-order valence-electron chi connectivity index (χ4n) is 2.80. The monoisotopic (exact) mass is 360 g/mol. The number of carbonyl (C=O) groups excluding carboxylic acids is 1. The molecule has 5 nitrogen and oxygen atoms in total. The molecule has 0 saturated heterocycles. The van der Waals surface area contributed by atoms with Crippen LogP contribution < -0.4 is 20.1 Å². The highest BCUT2D eigenvalue weighted by Gasteiger charge is 2.12. The van der Waals surface area contributed by atoms with Gasteiger partial charge in [0.25, 0.3) is 0 Å². The maximum absolute atomic E-state index is 12.1. The van der Waals surface area contributed by atoms with E-state index in [0.717, 1.165) is 28.2 Å². The number of nitrogens with one attached hydrogen (secondary N) is 2. The second-order valence-electron chi connectivity index (χ2n) is 6.05. The molecular weight excluding hydrogens is 340 g/mol. The molecule has 0 fully saturated rings. The Morgan fingerprint density at radius 2 is 1.88 bits per heavy atom. The molecule has 1 heterocycles. The predicted molar refractivity (Wildman–Crippen MR) is 99.1 cm³/mol. The lowest BCUT2D eigenvalue weighted by Crippen LogP contribution is -2.30. The quantitative estimate of drug-likeness (QED) is 0.863. The second kappa shape index (κ2) is 7.66. The first-order chi connectivity index (χ1) is 12.0. The first-order valence-electron chi connectivity index (χ1n) is 8.23. The zero-order valence-corrected chi connectivity index (χ0v) is 15.1. The van der Waals surface area contributed by atoms with E-state index >= 15 is 0 Å². The molecular formula is C19H21ClN2O3. The average Bonchev–Trinajstić information content (AvgIpc) is 2.58. The Kier molecular flexibility index (Phi) is 5.34. The van der Waals surface area contributed by atoms with Crippen LogP contribution in [0.1, 0.15) is 16.7 Å². The number of carbonyl (C=O) groups is 1. The van der Waals surface area contributed by atoms with Gasteiger partial charge in [0.05, 0.1) is 10.7 Å². The summed E-state index contributed by atoms with van der Waals surface area (Å²) in [5.74, 6) is 1.53. The predicted octanol–water partition coefficient (Wildman–Crippen LogP) is 4.09. The van der Waals surface area contributed by atoms with Crippen LogP contribution in [0.2, 0.25) is 5.02 Å². The van der Waals surface area contributed by atoms with Gasteiger partial charge in [-0.3, -0.25) is 0 Å². The number of rotatable bonds is 4. The minimum absolute atomic E-state index is 0.272. The molecule has 2 N–H and O–H groups in total. The number of hydrogen-bond donors (Lipinski definition) is 2. The Balaban J connectivity index is 1.53. The molecule has 1 aliphatic rings. The van der Waals surface area contributed by atoms with Crippen LogP contribution in [-0.2, 0) is 6.42 Å². The van der Waals surface area contributed by atoms with Gasteiger partial charge in [-0.2, -0.15) is 0 Å². The van der Waals surface area contributed by atoms with Crippen molar-refractivity contribution >= 4 is 23.3 Å². The number of benzene rings is 2. The number of anilines is 1. The summed E-state index contributed by atoms with van der Waals surface area (Å²) in [6, 6.07) is 9.38. The van der Waals surface area contributed by atoms with Crippen molar-refractivity contribution in [3.63, 3.8) is 0 Å². The minimum Gasteiger partial charge on any atom is -0.486 e. The van der Waals surface area contributed by atoms with Gasteiger partial charge < -0.3 is 20.1 Å². The smallest absolute Gasteiger partial charge is 0.319 e. The third kappa shape index (κ3) is 4.37. The Morgan fingerprint density at radius 3 is 2.64 bits per heavy atom. The summed E-state index contributed by atoms with van der Waals surface area (Å²) < 4.78 is 11.1. The van der Waals surface area contributed by atoms with Crippen LogP contribution in [0, 0.1) is 13.8 Å². The number of ether oxygens (including phenoxy) is 2. The van der Waals surface area contributed by atoms with E-state index in [0.29, 0.717) is 36.9 Å². The third-order valence-corrected chi connectivity index (χ3v) is 4.27. The Bertz CT molecular complexity index is 769. The molecule has 1 aliphatic heterocycles. The van der Waals surface area contributed by atoms with Crippen molar-refractivity contribution < 1.29 is 14.3 Å². The molecule has 0 aliphatic carbocycles. The summed E-state index contributed by atoms with van der Waals surface area (Å²) in [6.45, 7) is 5.54. The Hall–Kier alpha value is -2.40. The molecule has 0 spiro atoms. The largest absolute Gasteiger partial charge is 0.486 e. The normalized spacial score (nSPS) is 12.6. The van der Waals surface area contributed by atoms with Crippen LogP contribution >= 0.6 is 11.6 Å². The van der Waals surface area contributed by atoms with Crippen molar-refractivity contribution in [1.82, 2.24) is 5.32 Å². The third-order valence-electron chi connectivity index (χ3n) is 3.98. The van der Waals surface area contributed by atoms with E-state index in [2.05, 4.69) is 10.6 Å². The van der Waals surface area contributed by atoms with E-state index in [1.165, 1.54) is 0 Å². The summed E-state index contributed by atoms with van der Waals surface area (Å²) in [7, 11) is 0. The fourth-order valence-corrected chi connectivity index (χ4v) is 3.16. The van der Waals surface area contributed by atoms with Gasteiger partial charge in [-0.25, -0.2) is 4.79 Å². The van der Waals surface area contributed by atoms with Crippen molar-refractivity contribution in [2.75, 3.05) is 25.1 Å². The van der Waals surface area contributed by atoms with E-state index < -0.39 is 0 Å². The first kappa shape index (κ1) is 17.4. The summed E-state index contributed by atoms with van der Waals surface area (Å²) in [5, 5.41) is 6.20. The van der Waals surface area contributed by atoms with Crippen molar-refractivity contribution in [3.05, 3.63) is 52.0 Å². The second-order valence-corrected chi connectivity index (χ2v) is 6.45. The highest BCUT2D eigenvalue weighted by atomic mass is 35.5. The number of urea groups is 1. The minimum atomic E-state index is -0.272. The Morgan fingerprint density at radius 1 is 1.12 bits per heavy atom. The number of aryl methyl sites for hydroxylation is 2. The van der Waals surface area contributed by atoms with Gasteiger partial charge in [0.2, 0.25) is 0 Å². The van der Waals surface area contributed by atoms with Crippen LogP contribution in [0.15, 0.2) is 30.3 Å². The summed E-state index contributed by atoms with van der Waals surface area (Å²) in [6.07, 6.45) is 0.699. The first-order valence-corrected chi connectivity index (χ1v) is 8.61. The Labute approximate surface area is 152 Å². The van der Waals surface area contributed by atoms with Gasteiger partial charge in [0, 0.05) is 6.54 Å². The van der Waals surface area contributed by atoms with E-state index in [-0.39, 0.29) is 6.03 Å². The molecule has 0 aromatic heterocycles. The van der Waals surface area contributed by atoms with Gasteiger partial charge >= 0.3 is 6.03 Å². The molecule has 0 atom stereocenters. The van der Waals surface area contributed by atoms with Crippen LogP contribution in [0.25, 0.3) is 0 Å². The van der Waals surface area contributed by atoms with E-state index in [9.17, 15) is 4.79 Å². The van der Waals surface area contributed by atoms with Crippen molar-refractivity contribution in [2.24, 2.45) is 0 Å². The molecule has 0 saturated carbocycles. The van der Waals surface area contributed by atoms with Gasteiger partial charge in [-0.15, -0.1) is 0 Å². The number of amides is 2. The van der Waals surface area contributed by atoms with Crippen LogP contribution in [0.3, 0.4) is 0 Å². The highest BCUT2D eigenvalue weighted by molar-refractivity contribution is 6.34. The number of halogens is 1. The molecule has 132 valence electrons.